The molecule has 9 heteroatoms. The minimum Gasteiger partial charge on any atom is -0.383 e. The number of ether oxygens (including phenoxy) is 1. The van der Waals surface area contributed by atoms with E-state index in [1.165, 1.54) is 24.1 Å². The number of hydrogen-bond acceptors (Lipinski definition) is 6. The second kappa shape index (κ2) is 5.96. The van der Waals surface area contributed by atoms with Crippen molar-refractivity contribution in [3.8, 4) is 11.5 Å². The average Bonchev–Trinajstić information content (AvgIpc) is 3.11. The molecule has 0 bridgehead atoms. The van der Waals surface area contributed by atoms with Gasteiger partial charge in [-0.05, 0) is 25.0 Å². The maximum Gasteiger partial charge on any atom is 0.277 e. The first-order chi connectivity index (χ1) is 13.5. The molecule has 0 atom stereocenters. The van der Waals surface area contributed by atoms with Crippen LogP contribution in [0.1, 0.15) is 25.7 Å². The van der Waals surface area contributed by atoms with Gasteiger partial charge in [0.1, 0.15) is 28.9 Å². The maximum absolute atomic E-state index is 14.6. The Hall–Kier alpha value is -3.07. The first kappa shape index (κ1) is 17.1. The van der Waals surface area contributed by atoms with Crippen molar-refractivity contribution in [3.63, 3.8) is 0 Å². The van der Waals surface area contributed by atoms with E-state index in [1.54, 1.807) is 16.5 Å². The number of rotatable bonds is 5. The fourth-order valence-corrected chi connectivity index (χ4v) is 3.46. The van der Waals surface area contributed by atoms with E-state index in [2.05, 4.69) is 22.0 Å². The van der Waals surface area contributed by atoms with Crippen molar-refractivity contribution < 1.29 is 13.7 Å². The second-order valence-electron chi connectivity index (χ2n) is 7.35. The first-order valence-electron chi connectivity index (χ1n) is 9.05. The number of nitrogens with zero attached hydrogens (tertiary/aromatic N) is 5. The van der Waals surface area contributed by atoms with E-state index in [9.17, 15) is 9.18 Å². The number of benzene rings is 1. The summed E-state index contributed by atoms with van der Waals surface area (Å²) in [5.74, 6) is 0.332. The van der Waals surface area contributed by atoms with Crippen molar-refractivity contribution in [1.82, 2.24) is 24.1 Å². The van der Waals surface area contributed by atoms with Crippen LogP contribution in [0.15, 0.2) is 33.8 Å². The molecule has 0 aliphatic heterocycles. The molecule has 1 fully saturated rings. The molecule has 144 valence electrons. The lowest BCUT2D eigenvalue weighted by molar-refractivity contribution is 0.187. The third kappa shape index (κ3) is 2.39. The Morgan fingerprint density at radius 1 is 1.32 bits per heavy atom. The van der Waals surface area contributed by atoms with E-state index in [0.717, 1.165) is 12.8 Å². The minimum absolute atomic E-state index is 0.0880. The molecule has 4 aromatic rings. The van der Waals surface area contributed by atoms with Crippen molar-refractivity contribution in [3.05, 3.63) is 46.6 Å². The quantitative estimate of drug-likeness (QED) is 0.526. The fourth-order valence-electron chi connectivity index (χ4n) is 3.46. The van der Waals surface area contributed by atoms with Gasteiger partial charge in [0.05, 0.1) is 12.1 Å². The van der Waals surface area contributed by atoms with Gasteiger partial charge in [0.25, 0.3) is 5.56 Å². The van der Waals surface area contributed by atoms with Crippen LogP contribution >= 0.6 is 0 Å². The Morgan fingerprint density at radius 2 is 2.14 bits per heavy atom. The monoisotopic (exact) mass is 383 g/mol. The predicted octanol–water partition coefficient (Wildman–Crippen LogP) is 2.54. The van der Waals surface area contributed by atoms with Crippen LogP contribution in [0.5, 0.6) is 0 Å². The van der Waals surface area contributed by atoms with Gasteiger partial charge < -0.3 is 13.8 Å². The molecule has 1 aromatic carbocycles. The molecule has 1 aliphatic carbocycles. The molecule has 0 saturated heterocycles. The van der Waals surface area contributed by atoms with Crippen LogP contribution < -0.4 is 5.56 Å². The van der Waals surface area contributed by atoms with E-state index in [1.807, 2.05) is 0 Å². The number of fused-ring (bicyclic) bond motifs is 3. The molecule has 3 heterocycles. The van der Waals surface area contributed by atoms with E-state index >= 15 is 0 Å². The zero-order valence-corrected chi connectivity index (χ0v) is 15.5. The van der Waals surface area contributed by atoms with Crippen LogP contribution in [0.3, 0.4) is 0 Å². The summed E-state index contributed by atoms with van der Waals surface area (Å²) in [4.78, 5) is 22.1. The molecular formula is C19H18FN5O3. The van der Waals surface area contributed by atoms with Gasteiger partial charge in [-0.15, -0.1) is 0 Å². The summed E-state index contributed by atoms with van der Waals surface area (Å²) in [7, 11) is 1.53. The number of hydrogen-bond donors (Lipinski definition) is 0. The van der Waals surface area contributed by atoms with Crippen LogP contribution in [0.2, 0.25) is 0 Å². The lowest BCUT2D eigenvalue weighted by Gasteiger charge is -2.12. The maximum atomic E-state index is 14.6. The van der Waals surface area contributed by atoms with Crippen LogP contribution in [0, 0.1) is 5.82 Å². The highest BCUT2D eigenvalue weighted by Crippen LogP contribution is 2.47. The van der Waals surface area contributed by atoms with Crippen molar-refractivity contribution >= 4 is 16.6 Å². The van der Waals surface area contributed by atoms with Crippen molar-refractivity contribution in [2.75, 3.05) is 13.7 Å². The number of methoxy groups -OCH3 is 1. The van der Waals surface area contributed by atoms with Crippen molar-refractivity contribution in [1.29, 1.82) is 0 Å². The van der Waals surface area contributed by atoms with Crippen LogP contribution in [0.4, 0.5) is 4.39 Å². The first-order valence-corrected chi connectivity index (χ1v) is 9.05. The lowest BCUT2D eigenvalue weighted by Crippen LogP contribution is -2.25. The van der Waals surface area contributed by atoms with E-state index in [0.29, 0.717) is 17.1 Å². The lowest BCUT2D eigenvalue weighted by atomic mass is 10.1. The SMILES string of the molecule is COCCn1c(=O)c2c(-c3noc(C4(C)CC4)n3)ncn2c2cccc(F)c21. The third-order valence-corrected chi connectivity index (χ3v) is 5.38. The van der Waals surface area contributed by atoms with E-state index in [4.69, 9.17) is 9.26 Å². The molecule has 1 aliphatic rings. The van der Waals surface area contributed by atoms with Gasteiger partial charge in [-0.2, -0.15) is 4.98 Å². The van der Waals surface area contributed by atoms with Gasteiger partial charge in [0, 0.05) is 19.1 Å². The normalized spacial score (nSPS) is 15.5. The van der Waals surface area contributed by atoms with E-state index < -0.39 is 5.82 Å². The highest BCUT2D eigenvalue weighted by molar-refractivity contribution is 5.84. The highest BCUT2D eigenvalue weighted by Gasteiger charge is 2.44. The predicted molar refractivity (Wildman–Crippen MR) is 98.7 cm³/mol. The Bertz CT molecular complexity index is 1270. The molecule has 8 nitrogen and oxygen atoms in total. The zero-order valence-electron chi connectivity index (χ0n) is 15.5. The zero-order chi connectivity index (χ0) is 19.5. The molecule has 5 rings (SSSR count). The molecular weight excluding hydrogens is 365 g/mol. The number of imidazole rings is 1. The molecule has 0 N–H and O–H groups in total. The van der Waals surface area contributed by atoms with Crippen LogP contribution in [-0.2, 0) is 16.7 Å². The average molecular weight is 383 g/mol. The molecule has 28 heavy (non-hydrogen) atoms. The molecule has 1 saturated carbocycles. The topological polar surface area (TPSA) is 87.5 Å². The van der Waals surface area contributed by atoms with Gasteiger partial charge in [0.15, 0.2) is 0 Å². The highest BCUT2D eigenvalue weighted by atomic mass is 19.1. The molecule has 0 spiro atoms. The minimum atomic E-state index is -0.480. The largest absolute Gasteiger partial charge is 0.383 e. The number of para-hydroxylation sites is 1. The summed E-state index contributed by atoms with van der Waals surface area (Å²) >= 11 is 0. The van der Waals surface area contributed by atoms with Gasteiger partial charge in [0.2, 0.25) is 11.7 Å². The summed E-state index contributed by atoms with van der Waals surface area (Å²) in [5.41, 5.74) is 0.868. The Kier molecular flexibility index (Phi) is 3.63. The Morgan fingerprint density at radius 3 is 2.89 bits per heavy atom. The molecule has 0 unspecified atom stereocenters. The van der Waals surface area contributed by atoms with Crippen molar-refractivity contribution in [2.24, 2.45) is 0 Å². The Balaban J connectivity index is 1.79. The smallest absolute Gasteiger partial charge is 0.277 e. The number of halogens is 1. The fraction of sp³-hybridized carbons (Fsp3) is 0.368. The third-order valence-electron chi connectivity index (χ3n) is 5.38. The summed E-state index contributed by atoms with van der Waals surface area (Å²) in [6, 6.07) is 4.67. The molecule has 3 aromatic heterocycles. The van der Waals surface area contributed by atoms with Crippen molar-refractivity contribution in [2.45, 2.75) is 31.7 Å². The summed E-state index contributed by atoms with van der Waals surface area (Å²) < 4.78 is 28.0. The van der Waals surface area contributed by atoms with E-state index in [-0.39, 0.29) is 41.0 Å². The van der Waals surface area contributed by atoms with Gasteiger partial charge in [-0.1, -0.05) is 18.1 Å². The summed E-state index contributed by atoms with van der Waals surface area (Å²) in [5, 5.41) is 4.04. The van der Waals surface area contributed by atoms with Crippen LogP contribution in [0.25, 0.3) is 28.1 Å². The summed E-state index contributed by atoms with van der Waals surface area (Å²) in [6.07, 6.45) is 3.47. The van der Waals surface area contributed by atoms with Gasteiger partial charge in [-0.25, -0.2) is 9.37 Å². The van der Waals surface area contributed by atoms with Gasteiger partial charge in [-0.3, -0.25) is 9.20 Å². The molecule has 0 radical (unpaired) electrons. The second-order valence-corrected chi connectivity index (χ2v) is 7.35. The standard InChI is InChI=1S/C19H18FN5O3/c1-19(6-7-19)18-22-16(23-28-18)13-15-17(26)24(8-9-27-2)14-11(20)4-3-5-12(14)25(15)10-21-13/h3-5,10H,6-9H2,1-2H3. The van der Waals surface area contributed by atoms with Gasteiger partial charge >= 0.3 is 0 Å². The Labute approximate surface area is 158 Å². The van der Waals surface area contributed by atoms with Crippen LogP contribution in [-0.4, -0.2) is 37.8 Å². The molecule has 0 amide bonds. The number of aromatic nitrogens is 5. The summed E-state index contributed by atoms with van der Waals surface area (Å²) in [6.45, 7) is 2.54.